The van der Waals surface area contributed by atoms with Gasteiger partial charge in [0.25, 0.3) is 0 Å². The SMILES string of the molecule is CC(C)C[C@H](NC(=O)[C@H](Cc1cnc[nH]1)NC(=O)OCc1ccccc1)C(N)=O. The molecule has 0 spiro atoms. The summed E-state index contributed by atoms with van der Waals surface area (Å²) >= 11 is 0. The predicted octanol–water partition coefficient (Wildman–Crippen LogP) is 1.26. The molecule has 5 N–H and O–H groups in total. The highest BCUT2D eigenvalue weighted by atomic mass is 16.5. The van der Waals surface area contributed by atoms with E-state index >= 15 is 0 Å². The van der Waals surface area contributed by atoms with E-state index < -0.39 is 30.0 Å². The van der Waals surface area contributed by atoms with E-state index in [0.29, 0.717) is 12.1 Å². The van der Waals surface area contributed by atoms with Crippen LogP contribution in [0.4, 0.5) is 4.79 Å². The molecular formula is C20H27N5O4. The summed E-state index contributed by atoms with van der Waals surface area (Å²) in [5.41, 5.74) is 6.87. The maximum atomic E-state index is 12.8. The maximum Gasteiger partial charge on any atom is 0.408 e. The average molecular weight is 401 g/mol. The first kappa shape index (κ1) is 21.9. The van der Waals surface area contributed by atoms with Gasteiger partial charge in [-0.15, -0.1) is 0 Å². The van der Waals surface area contributed by atoms with Crippen LogP contribution >= 0.6 is 0 Å². The quantitative estimate of drug-likeness (QED) is 0.475. The third-order valence-corrected chi connectivity index (χ3v) is 4.17. The van der Waals surface area contributed by atoms with Crippen LogP contribution in [0.15, 0.2) is 42.9 Å². The zero-order valence-electron chi connectivity index (χ0n) is 16.6. The molecule has 3 amide bonds. The number of aromatic amines is 1. The molecule has 9 heteroatoms. The van der Waals surface area contributed by atoms with Crippen LogP contribution in [0, 0.1) is 5.92 Å². The van der Waals surface area contributed by atoms with Crippen molar-refractivity contribution in [2.24, 2.45) is 11.7 Å². The lowest BCUT2D eigenvalue weighted by Gasteiger charge is -2.22. The molecule has 0 saturated heterocycles. The number of aromatic nitrogens is 2. The van der Waals surface area contributed by atoms with Crippen LogP contribution in [0.3, 0.4) is 0 Å². The Bertz CT molecular complexity index is 792. The van der Waals surface area contributed by atoms with Gasteiger partial charge in [0, 0.05) is 18.3 Å². The number of nitrogens with two attached hydrogens (primary N) is 1. The molecule has 1 heterocycles. The van der Waals surface area contributed by atoms with Crippen LogP contribution in [-0.2, 0) is 27.4 Å². The fourth-order valence-electron chi connectivity index (χ4n) is 2.72. The molecule has 9 nitrogen and oxygen atoms in total. The summed E-state index contributed by atoms with van der Waals surface area (Å²) in [5, 5.41) is 5.17. The molecule has 1 aromatic carbocycles. The van der Waals surface area contributed by atoms with Gasteiger partial charge in [0.15, 0.2) is 0 Å². The number of primary amides is 1. The number of nitrogens with zero attached hydrogens (tertiary/aromatic N) is 1. The fraction of sp³-hybridized carbons (Fsp3) is 0.400. The molecule has 0 aliphatic rings. The van der Waals surface area contributed by atoms with Crippen molar-refractivity contribution in [1.82, 2.24) is 20.6 Å². The van der Waals surface area contributed by atoms with E-state index in [1.54, 1.807) is 6.20 Å². The third kappa shape index (κ3) is 7.65. The van der Waals surface area contributed by atoms with Gasteiger partial charge in [0.2, 0.25) is 11.8 Å². The molecule has 156 valence electrons. The Hall–Kier alpha value is -3.36. The van der Waals surface area contributed by atoms with Crippen molar-refractivity contribution in [3.8, 4) is 0 Å². The van der Waals surface area contributed by atoms with E-state index in [0.717, 1.165) is 5.56 Å². The number of rotatable bonds is 10. The lowest BCUT2D eigenvalue weighted by atomic mass is 10.0. The Balaban J connectivity index is 2.02. The standard InChI is InChI=1S/C20H27N5O4/c1-13(2)8-16(18(21)26)24-19(27)17(9-15-10-22-12-23-15)25-20(28)29-11-14-6-4-3-5-7-14/h3-7,10,12-13,16-17H,8-9,11H2,1-2H3,(H2,21,26)(H,22,23)(H,24,27)(H,25,28)/t16-,17-/m0/s1. The number of imidazole rings is 1. The summed E-state index contributed by atoms with van der Waals surface area (Å²) < 4.78 is 5.20. The lowest BCUT2D eigenvalue weighted by molar-refractivity contribution is -0.128. The molecule has 29 heavy (non-hydrogen) atoms. The van der Waals surface area contributed by atoms with Crippen LogP contribution in [0.1, 0.15) is 31.5 Å². The number of alkyl carbamates (subject to hydrolysis) is 1. The number of ether oxygens (including phenoxy) is 1. The van der Waals surface area contributed by atoms with Gasteiger partial charge < -0.3 is 26.1 Å². The van der Waals surface area contributed by atoms with E-state index in [-0.39, 0.29) is 18.9 Å². The van der Waals surface area contributed by atoms with E-state index in [4.69, 9.17) is 10.5 Å². The van der Waals surface area contributed by atoms with Gasteiger partial charge in [-0.2, -0.15) is 0 Å². The summed E-state index contributed by atoms with van der Waals surface area (Å²) in [7, 11) is 0. The van der Waals surface area contributed by atoms with E-state index in [9.17, 15) is 14.4 Å². The largest absolute Gasteiger partial charge is 0.445 e. The van der Waals surface area contributed by atoms with Crippen LogP contribution in [0.25, 0.3) is 0 Å². The topological polar surface area (TPSA) is 139 Å². The Morgan fingerprint density at radius 2 is 1.86 bits per heavy atom. The summed E-state index contributed by atoms with van der Waals surface area (Å²) in [6.07, 6.45) is 2.84. The number of hydrogen-bond donors (Lipinski definition) is 4. The van der Waals surface area contributed by atoms with Gasteiger partial charge >= 0.3 is 6.09 Å². The van der Waals surface area contributed by atoms with Crippen LogP contribution in [-0.4, -0.2) is 40.0 Å². The first-order valence-corrected chi connectivity index (χ1v) is 9.39. The molecule has 0 saturated carbocycles. The number of benzene rings is 1. The Morgan fingerprint density at radius 1 is 1.14 bits per heavy atom. The Morgan fingerprint density at radius 3 is 2.45 bits per heavy atom. The molecule has 0 aliphatic heterocycles. The van der Waals surface area contributed by atoms with Crippen molar-refractivity contribution in [3.63, 3.8) is 0 Å². The first-order chi connectivity index (χ1) is 13.8. The second kappa shape index (κ2) is 10.8. The molecule has 2 atom stereocenters. The highest BCUT2D eigenvalue weighted by Gasteiger charge is 2.27. The maximum absolute atomic E-state index is 12.8. The Labute approximate surface area is 169 Å². The minimum absolute atomic E-state index is 0.0718. The zero-order valence-corrected chi connectivity index (χ0v) is 16.6. The Kier molecular flexibility index (Phi) is 8.20. The van der Waals surface area contributed by atoms with Crippen molar-refractivity contribution < 1.29 is 19.1 Å². The van der Waals surface area contributed by atoms with Gasteiger partial charge in [0.05, 0.1) is 6.33 Å². The lowest BCUT2D eigenvalue weighted by Crippen LogP contribution is -2.54. The number of hydrogen-bond acceptors (Lipinski definition) is 5. The van der Waals surface area contributed by atoms with E-state index in [1.807, 2.05) is 44.2 Å². The summed E-state index contributed by atoms with van der Waals surface area (Å²) in [6, 6.07) is 7.40. The molecular weight excluding hydrogens is 374 g/mol. The predicted molar refractivity (Wildman–Crippen MR) is 106 cm³/mol. The molecule has 2 aromatic rings. The summed E-state index contributed by atoms with van der Waals surface area (Å²) in [6.45, 7) is 3.91. The van der Waals surface area contributed by atoms with Gasteiger partial charge in [-0.05, 0) is 17.9 Å². The number of H-pyrrole nitrogens is 1. The van der Waals surface area contributed by atoms with Crippen molar-refractivity contribution in [1.29, 1.82) is 0 Å². The van der Waals surface area contributed by atoms with Gasteiger partial charge in [-0.25, -0.2) is 9.78 Å². The average Bonchev–Trinajstić information content (AvgIpc) is 3.19. The smallest absolute Gasteiger partial charge is 0.408 e. The number of amides is 3. The molecule has 0 unspecified atom stereocenters. The van der Waals surface area contributed by atoms with Gasteiger partial charge in [-0.1, -0.05) is 44.2 Å². The summed E-state index contributed by atoms with van der Waals surface area (Å²) in [5.74, 6) is -0.998. The number of carbonyl (C=O) groups excluding carboxylic acids is 3. The number of nitrogens with one attached hydrogen (secondary N) is 3. The van der Waals surface area contributed by atoms with Crippen molar-refractivity contribution in [2.45, 2.75) is 45.4 Å². The second-order valence-electron chi connectivity index (χ2n) is 7.13. The van der Waals surface area contributed by atoms with Gasteiger partial charge in [-0.3, -0.25) is 9.59 Å². The molecule has 0 aliphatic carbocycles. The molecule has 0 radical (unpaired) electrons. The normalized spacial score (nSPS) is 12.8. The molecule has 1 aromatic heterocycles. The highest BCUT2D eigenvalue weighted by Crippen LogP contribution is 2.07. The molecule has 0 bridgehead atoms. The monoisotopic (exact) mass is 401 g/mol. The minimum Gasteiger partial charge on any atom is -0.445 e. The van der Waals surface area contributed by atoms with Crippen LogP contribution in [0.2, 0.25) is 0 Å². The van der Waals surface area contributed by atoms with Crippen molar-refractivity contribution in [2.75, 3.05) is 0 Å². The minimum atomic E-state index is -0.965. The first-order valence-electron chi connectivity index (χ1n) is 9.39. The highest BCUT2D eigenvalue weighted by molar-refractivity contribution is 5.90. The molecule has 2 rings (SSSR count). The third-order valence-electron chi connectivity index (χ3n) is 4.17. The van der Waals surface area contributed by atoms with Crippen molar-refractivity contribution in [3.05, 3.63) is 54.1 Å². The molecule has 0 fully saturated rings. The fourth-order valence-corrected chi connectivity index (χ4v) is 2.72. The number of carbonyl (C=O) groups is 3. The van der Waals surface area contributed by atoms with E-state index in [2.05, 4.69) is 20.6 Å². The van der Waals surface area contributed by atoms with Crippen LogP contribution < -0.4 is 16.4 Å². The van der Waals surface area contributed by atoms with Crippen molar-refractivity contribution >= 4 is 17.9 Å². The van der Waals surface area contributed by atoms with E-state index in [1.165, 1.54) is 6.33 Å². The van der Waals surface area contributed by atoms with Gasteiger partial charge in [0.1, 0.15) is 18.7 Å². The summed E-state index contributed by atoms with van der Waals surface area (Å²) in [4.78, 5) is 43.4. The van der Waals surface area contributed by atoms with Crippen LogP contribution in [0.5, 0.6) is 0 Å². The second-order valence-corrected chi connectivity index (χ2v) is 7.13. The zero-order chi connectivity index (χ0) is 21.2.